The summed E-state index contributed by atoms with van der Waals surface area (Å²) in [5.41, 5.74) is 3.19. The van der Waals surface area contributed by atoms with Crippen LogP contribution in [-0.2, 0) is 19.3 Å². The number of fused-ring (bicyclic) bond motifs is 1. The summed E-state index contributed by atoms with van der Waals surface area (Å²) in [5.74, 6) is 0.531. The van der Waals surface area contributed by atoms with Crippen LogP contribution in [0.15, 0.2) is 60.7 Å². The Balaban J connectivity index is 1.61. The lowest BCUT2D eigenvalue weighted by molar-refractivity contribution is 0.0701. The molecule has 0 aliphatic rings. The van der Waals surface area contributed by atoms with Crippen LogP contribution < -0.4 is 5.32 Å². The molecule has 30 heavy (non-hydrogen) atoms. The molecule has 0 saturated carbocycles. The van der Waals surface area contributed by atoms with Crippen molar-refractivity contribution in [3.63, 3.8) is 0 Å². The average molecular weight is 418 g/mol. The first-order chi connectivity index (χ1) is 14.6. The Morgan fingerprint density at radius 3 is 2.20 bits per heavy atom. The second kappa shape index (κ2) is 9.05. The Morgan fingerprint density at radius 2 is 1.57 bits per heavy atom. The predicted octanol–water partition coefficient (Wildman–Crippen LogP) is 5.14. The van der Waals surface area contributed by atoms with Crippen molar-refractivity contribution in [1.82, 2.24) is 9.97 Å². The number of aryl methyl sites for hydroxylation is 3. The van der Waals surface area contributed by atoms with E-state index in [1.807, 2.05) is 43.3 Å². The van der Waals surface area contributed by atoms with E-state index in [1.165, 1.54) is 22.5 Å². The predicted molar refractivity (Wildman–Crippen MR) is 122 cm³/mol. The van der Waals surface area contributed by atoms with E-state index in [1.54, 1.807) is 0 Å². The highest BCUT2D eigenvalue weighted by Crippen LogP contribution is 2.34. The Labute approximate surface area is 179 Å². The van der Waals surface area contributed by atoms with Gasteiger partial charge in [0.05, 0.1) is 5.39 Å². The first kappa shape index (κ1) is 20.0. The van der Waals surface area contributed by atoms with Crippen LogP contribution in [0.3, 0.4) is 0 Å². The SMILES string of the molecule is Cc1c(C(=O)O)sc2nc(CCc3ccccc3)nc(NCCc3ccccc3)c12. The lowest BCUT2D eigenvalue weighted by atomic mass is 10.1. The van der Waals surface area contributed by atoms with E-state index >= 15 is 0 Å². The van der Waals surface area contributed by atoms with Crippen LogP contribution in [0.1, 0.15) is 32.2 Å². The van der Waals surface area contributed by atoms with Gasteiger partial charge in [0.15, 0.2) is 0 Å². The number of hydrogen-bond donors (Lipinski definition) is 2. The number of rotatable bonds is 8. The minimum atomic E-state index is -0.920. The minimum absolute atomic E-state index is 0.325. The maximum Gasteiger partial charge on any atom is 0.346 e. The van der Waals surface area contributed by atoms with Gasteiger partial charge in [0.25, 0.3) is 0 Å². The molecule has 0 aliphatic heterocycles. The molecule has 2 aromatic carbocycles. The summed E-state index contributed by atoms with van der Waals surface area (Å²) in [7, 11) is 0. The normalized spacial score (nSPS) is 11.0. The largest absolute Gasteiger partial charge is 0.477 e. The quantitative estimate of drug-likeness (QED) is 0.415. The van der Waals surface area contributed by atoms with Crippen LogP contribution in [0, 0.1) is 6.92 Å². The van der Waals surface area contributed by atoms with Crippen molar-refractivity contribution in [3.05, 3.63) is 88.1 Å². The van der Waals surface area contributed by atoms with Crippen molar-refractivity contribution in [1.29, 1.82) is 0 Å². The van der Waals surface area contributed by atoms with Crippen LogP contribution in [0.4, 0.5) is 5.82 Å². The molecule has 4 rings (SSSR count). The highest BCUT2D eigenvalue weighted by molar-refractivity contribution is 7.20. The van der Waals surface area contributed by atoms with E-state index in [2.05, 4.69) is 34.6 Å². The number of aromatic carboxylic acids is 1. The van der Waals surface area contributed by atoms with Gasteiger partial charge in [-0.25, -0.2) is 14.8 Å². The molecule has 5 nitrogen and oxygen atoms in total. The van der Waals surface area contributed by atoms with Crippen molar-refractivity contribution >= 4 is 33.3 Å². The van der Waals surface area contributed by atoms with Crippen molar-refractivity contribution < 1.29 is 9.90 Å². The van der Waals surface area contributed by atoms with Gasteiger partial charge in [-0.05, 0) is 36.5 Å². The van der Waals surface area contributed by atoms with E-state index in [4.69, 9.17) is 4.98 Å². The molecule has 2 aromatic heterocycles. The van der Waals surface area contributed by atoms with Crippen LogP contribution in [0.25, 0.3) is 10.2 Å². The van der Waals surface area contributed by atoms with Gasteiger partial charge in [0.2, 0.25) is 0 Å². The van der Waals surface area contributed by atoms with Gasteiger partial charge in [0, 0.05) is 13.0 Å². The smallest absolute Gasteiger partial charge is 0.346 e. The molecule has 4 aromatic rings. The first-order valence-electron chi connectivity index (χ1n) is 9.97. The van der Waals surface area contributed by atoms with Crippen molar-refractivity contribution in [2.75, 3.05) is 11.9 Å². The fourth-order valence-electron chi connectivity index (χ4n) is 3.50. The number of benzene rings is 2. The third-order valence-corrected chi connectivity index (χ3v) is 6.23. The molecule has 152 valence electrons. The van der Waals surface area contributed by atoms with Crippen LogP contribution in [0.5, 0.6) is 0 Å². The standard InChI is InChI=1S/C24H23N3O2S/c1-16-20-22(25-15-14-18-10-6-3-7-11-18)26-19(13-12-17-8-4-2-5-9-17)27-23(20)30-21(16)24(28)29/h2-11H,12-15H2,1H3,(H,28,29)(H,25,26,27). The number of carboxylic acid groups (broad SMARTS) is 1. The minimum Gasteiger partial charge on any atom is -0.477 e. The molecular formula is C24H23N3O2S. The molecule has 6 heteroatoms. The van der Waals surface area contributed by atoms with E-state index in [-0.39, 0.29) is 0 Å². The van der Waals surface area contributed by atoms with E-state index in [9.17, 15) is 9.90 Å². The molecule has 0 unspecified atom stereocenters. The second-order valence-electron chi connectivity index (χ2n) is 7.18. The Hall–Kier alpha value is -3.25. The Morgan fingerprint density at radius 1 is 0.933 bits per heavy atom. The number of hydrogen-bond acceptors (Lipinski definition) is 5. The Kier molecular flexibility index (Phi) is 6.05. The number of carbonyl (C=O) groups is 1. The summed E-state index contributed by atoms with van der Waals surface area (Å²) in [6, 6.07) is 20.5. The van der Waals surface area contributed by atoms with Gasteiger partial charge in [0.1, 0.15) is 21.3 Å². The Bertz CT molecular complexity index is 1160. The van der Waals surface area contributed by atoms with Gasteiger partial charge < -0.3 is 10.4 Å². The number of anilines is 1. The van der Waals surface area contributed by atoms with E-state index in [0.717, 1.165) is 40.3 Å². The fraction of sp³-hybridized carbons (Fsp3) is 0.208. The molecule has 0 bridgehead atoms. The summed E-state index contributed by atoms with van der Waals surface area (Å²) in [5, 5.41) is 13.8. The second-order valence-corrected chi connectivity index (χ2v) is 8.18. The van der Waals surface area contributed by atoms with Crippen LogP contribution >= 0.6 is 11.3 Å². The lowest BCUT2D eigenvalue weighted by Crippen LogP contribution is -2.09. The van der Waals surface area contributed by atoms with Gasteiger partial charge in [-0.15, -0.1) is 11.3 Å². The molecule has 2 heterocycles. The van der Waals surface area contributed by atoms with Gasteiger partial charge in [-0.2, -0.15) is 0 Å². The molecule has 0 amide bonds. The fourth-order valence-corrected chi connectivity index (χ4v) is 4.54. The molecule has 0 saturated heterocycles. The van der Waals surface area contributed by atoms with Crippen LogP contribution in [-0.4, -0.2) is 27.6 Å². The summed E-state index contributed by atoms with van der Waals surface area (Å²) < 4.78 is 0. The number of carboxylic acids is 1. The number of thiophene rings is 1. The molecular weight excluding hydrogens is 394 g/mol. The average Bonchev–Trinajstić information content (AvgIpc) is 3.11. The molecule has 2 N–H and O–H groups in total. The molecule has 0 atom stereocenters. The number of aromatic nitrogens is 2. The maximum atomic E-state index is 11.6. The van der Waals surface area contributed by atoms with Crippen molar-refractivity contribution in [3.8, 4) is 0 Å². The lowest BCUT2D eigenvalue weighted by Gasteiger charge is -2.10. The summed E-state index contributed by atoms with van der Waals surface area (Å²) in [4.78, 5) is 22.1. The van der Waals surface area contributed by atoms with Crippen molar-refractivity contribution in [2.24, 2.45) is 0 Å². The van der Waals surface area contributed by atoms with E-state index < -0.39 is 5.97 Å². The number of nitrogens with one attached hydrogen (secondary N) is 1. The summed E-state index contributed by atoms with van der Waals surface area (Å²) in [6.07, 6.45) is 2.40. The monoisotopic (exact) mass is 417 g/mol. The topological polar surface area (TPSA) is 75.1 Å². The number of nitrogens with zero attached hydrogens (tertiary/aromatic N) is 2. The van der Waals surface area contributed by atoms with E-state index in [0.29, 0.717) is 17.8 Å². The highest BCUT2D eigenvalue weighted by Gasteiger charge is 2.20. The summed E-state index contributed by atoms with van der Waals surface area (Å²) >= 11 is 1.22. The highest BCUT2D eigenvalue weighted by atomic mass is 32.1. The summed E-state index contributed by atoms with van der Waals surface area (Å²) in [6.45, 7) is 2.55. The molecule has 0 fully saturated rings. The van der Waals surface area contributed by atoms with Crippen molar-refractivity contribution in [2.45, 2.75) is 26.2 Å². The molecule has 0 radical (unpaired) electrons. The van der Waals surface area contributed by atoms with Crippen LogP contribution in [0.2, 0.25) is 0 Å². The zero-order chi connectivity index (χ0) is 20.9. The first-order valence-corrected chi connectivity index (χ1v) is 10.8. The third-order valence-electron chi connectivity index (χ3n) is 5.06. The third kappa shape index (κ3) is 4.49. The maximum absolute atomic E-state index is 11.6. The van der Waals surface area contributed by atoms with Gasteiger partial charge in [-0.3, -0.25) is 0 Å². The zero-order valence-electron chi connectivity index (χ0n) is 16.8. The van der Waals surface area contributed by atoms with Gasteiger partial charge in [-0.1, -0.05) is 60.7 Å². The zero-order valence-corrected chi connectivity index (χ0v) is 17.6. The molecule has 0 spiro atoms. The van der Waals surface area contributed by atoms with Gasteiger partial charge >= 0.3 is 5.97 Å². The molecule has 0 aliphatic carbocycles.